The second-order valence-electron chi connectivity index (χ2n) is 5.72. The molecule has 0 spiro atoms. The Labute approximate surface area is 123 Å². The van der Waals surface area contributed by atoms with E-state index in [4.69, 9.17) is 10.9 Å². The van der Waals surface area contributed by atoms with E-state index in [9.17, 15) is 4.79 Å². The zero-order valence-corrected chi connectivity index (χ0v) is 13.6. The first-order valence-corrected chi connectivity index (χ1v) is 7.68. The molecule has 0 aromatic rings. The van der Waals surface area contributed by atoms with Gasteiger partial charge in [-0.2, -0.15) is 0 Å². The first-order chi connectivity index (χ1) is 9.39. The smallest absolute Gasteiger partial charge is 0.234 e. The largest absolute Gasteiger partial charge is 0.409 e. The Hall–Kier alpha value is -1.26. The van der Waals surface area contributed by atoms with E-state index >= 15 is 0 Å². The maximum atomic E-state index is 12.7. The van der Waals surface area contributed by atoms with Crippen molar-refractivity contribution in [1.29, 1.82) is 0 Å². The van der Waals surface area contributed by atoms with E-state index in [2.05, 4.69) is 24.3 Å². The molecule has 0 bridgehead atoms. The van der Waals surface area contributed by atoms with E-state index in [0.29, 0.717) is 18.8 Å². The minimum atomic E-state index is -0.889. The van der Waals surface area contributed by atoms with Gasteiger partial charge in [-0.25, -0.2) is 0 Å². The third-order valence-corrected chi connectivity index (χ3v) is 4.24. The molecule has 0 aliphatic rings. The van der Waals surface area contributed by atoms with Gasteiger partial charge in [-0.1, -0.05) is 52.1 Å². The molecular weight excluding hydrogens is 254 g/mol. The van der Waals surface area contributed by atoms with Crippen LogP contribution in [0.3, 0.4) is 0 Å². The number of hydrogen-bond acceptors (Lipinski definition) is 3. The van der Waals surface area contributed by atoms with Crippen LogP contribution in [0.15, 0.2) is 5.16 Å². The molecule has 5 nitrogen and oxygen atoms in total. The highest BCUT2D eigenvalue weighted by Gasteiger charge is 2.42. The van der Waals surface area contributed by atoms with Crippen LogP contribution in [0.4, 0.5) is 0 Å². The van der Waals surface area contributed by atoms with Crippen molar-refractivity contribution in [2.75, 3.05) is 0 Å². The lowest BCUT2D eigenvalue weighted by Crippen LogP contribution is -2.52. The van der Waals surface area contributed by atoms with Crippen molar-refractivity contribution in [2.45, 2.75) is 72.8 Å². The molecule has 2 unspecified atom stereocenters. The second-order valence-corrected chi connectivity index (χ2v) is 5.72. The van der Waals surface area contributed by atoms with Gasteiger partial charge in [0.05, 0.1) is 0 Å². The number of rotatable bonds is 9. The molecule has 0 aliphatic heterocycles. The van der Waals surface area contributed by atoms with Gasteiger partial charge < -0.3 is 16.3 Å². The fraction of sp³-hybridized carbons (Fsp3) is 0.867. The molecule has 0 saturated heterocycles. The fourth-order valence-corrected chi connectivity index (χ4v) is 2.51. The zero-order chi connectivity index (χ0) is 15.8. The lowest BCUT2D eigenvalue weighted by Gasteiger charge is -2.33. The van der Waals surface area contributed by atoms with Crippen molar-refractivity contribution in [1.82, 2.24) is 5.32 Å². The molecule has 4 N–H and O–H groups in total. The Morgan fingerprint density at radius 2 is 1.75 bits per heavy atom. The number of carbonyl (C=O) groups excluding carboxylic acids is 1. The topological polar surface area (TPSA) is 87.7 Å². The van der Waals surface area contributed by atoms with E-state index in [0.717, 1.165) is 19.3 Å². The molecule has 0 rings (SSSR count). The lowest BCUT2D eigenvalue weighted by molar-refractivity contribution is -0.129. The van der Waals surface area contributed by atoms with E-state index in [-0.39, 0.29) is 17.8 Å². The summed E-state index contributed by atoms with van der Waals surface area (Å²) in [5, 5.41) is 15.2. The summed E-state index contributed by atoms with van der Waals surface area (Å²) in [5.41, 5.74) is 4.96. The van der Waals surface area contributed by atoms with Crippen molar-refractivity contribution in [3.63, 3.8) is 0 Å². The minimum absolute atomic E-state index is 0.0232. The molecular formula is C15H31N3O2. The van der Waals surface area contributed by atoms with Gasteiger partial charge in [-0.3, -0.25) is 4.79 Å². The SMILES string of the molecule is CCCC(CCC)(C(=O)NC(C)C(C)CC)C(N)=NO. The Morgan fingerprint density at radius 3 is 2.10 bits per heavy atom. The Bertz CT molecular complexity index is 323. The Balaban J connectivity index is 5.24. The van der Waals surface area contributed by atoms with Gasteiger partial charge in [0.1, 0.15) is 5.41 Å². The van der Waals surface area contributed by atoms with E-state index in [1.807, 2.05) is 20.8 Å². The highest BCUT2D eigenvalue weighted by Crippen LogP contribution is 2.31. The van der Waals surface area contributed by atoms with Crippen molar-refractivity contribution >= 4 is 11.7 Å². The summed E-state index contributed by atoms with van der Waals surface area (Å²) >= 11 is 0. The van der Waals surface area contributed by atoms with Crippen LogP contribution in [-0.2, 0) is 4.79 Å². The Morgan fingerprint density at radius 1 is 1.25 bits per heavy atom. The summed E-state index contributed by atoms with van der Waals surface area (Å²) in [6.45, 7) is 10.2. The number of amides is 1. The molecule has 0 aromatic heterocycles. The van der Waals surface area contributed by atoms with E-state index in [1.54, 1.807) is 0 Å². The highest BCUT2D eigenvalue weighted by molar-refractivity contribution is 6.06. The van der Waals surface area contributed by atoms with Gasteiger partial charge in [0, 0.05) is 6.04 Å². The van der Waals surface area contributed by atoms with Crippen LogP contribution in [0.5, 0.6) is 0 Å². The molecule has 20 heavy (non-hydrogen) atoms. The molecule has 1 amide bonds. The van der Waals surface area contributed by atoms with Crippen LogP contribution >= 0.6 is 0 Å². The second kappa shape index (κ2) is 8.82. The fourth-order valence-electron chi connectivity index (χ4n) is 2.51. The minimum Gasteiger partial charge on any atom is -0.409 e. The zero-order valence-electron chi connectivity index (χ0n) is 13.6. The van der Waals surface area contributed by atoms with E-state index in [1.165, 1.54) is 0 Å². The number of oxime groups is 1. The van der Waals surface area contributed by atoms with Crippen LogP contribution in [0.25, 0.3) is 0 Å². The number of amidine groups is 1. The van der Waals surface area contributed by atoms with Crippen molar-refractivity contribution in [3.05, 3.63) is 0 Å². The molecule has 118 valence electrons. The summed E-state index contributed by atoms with van der Waals surface area (Å²) in [6.07, 6.45) is 3.80. The third-order valence-electron chi connectivity index (χ3n) is 4.24. The first-order valence-electron chi connectivity index (χ1n) is 7.68. The van der Waals surface area contributed by atoms with Crippen molar-refractivity contribution in [3.8, 4) is 0 Å². The molecule has 0 fully saturated rings. The average molecular weight is 285 g/mol. The molecule has 0 saturated carbocycles. The molecule has 2 atom stereocenters. The van der Waals surface area contributed by atoms with Crippen LogP contribution in [0.1, 0.15) is 66.7 Å². The third kappa shape index (κ3) is 4.39. The van der Waals surface area contributed by atoms with Gasteiger partial charge in [0.2, 0.25) is 5.91 Å². The molecule has 0 aliphatic carbocycles. The summed E-state index contributed by atoms with van der Waals surface area (Å²) in [6, 6.07) is 0.0760. The number of nitrogens with zero attached hydrogens (tertiary/aromatic N) is 1. The van der Waals surface area contributed by atoms with Gasteiger partial charge in [0.15, 0.2) is 5.84 Å². The summed E-state index contributed by atoms with van der Waals surface area (Å²) in [5.74, 6) is 0.298. The molecule has 0 aromatic carbocycles. The van der Waals surface area contributed by atoms with Crippen molar-refractivity contribution < 1.29 is 10.0 Å². The summed E-state index contributed by atoms with van der Waals surface area (Å²) in [7, 11) is 0. The van der Waals surface area contributed by atoms with E-state index < -0.39 is 5.41 Å². The predicted molar refractivity (Wildman–Crippen MR) is 82.7 cm³/mol. The molecule has 5 heteroatoms. The molecule has 0 radical (unpaired) electrons. The Kier molecular flexibility index (Phi) is 8.26. The van der Waals surface area contributed by atoms with Crippen LogP contribution in [-0.4, -0.2) is 23.0 Å². The summed E-state index contributed by atoms with van der Waals surface area (Å²) in [4.78, 5) is 12.7. The highest BCUT2D eigenvalue weighted by atomic mass is 16.4. The van der Waals surface area contributed by atoms with Gasteiger partial charge in [-0.15, -0.1) is 0 Å². The maximum Gasteiger partial charge on any atom is 0.234 e. The number of nitrogens with one attached hydrogen (secondary N) is 1. The van der Waals surface area contributed by atoms with Gasteiger partial charge >= 0.3 is 0 Å². The quantitative estimate of drug-likeness (QED) is 0.263. The standard InChI is InChI=1S/C15H31N3O2/c1-6-9-15(10-7-2,13(16)18-20)14(19)17-12(5)11(4)8-3/h11-12,20H,6-10H2,1-5H3,(H2,16,18)(H,17,19). The first kappa shape index (κ1) is 18.7. The van der Waals surface area contributed by atoms with Crippen LogP contribution in [0.2, 0.25) is 0 Å². The monoisotopic (exact) mass is 285 g/mol. The number of nitrogens with two attached hydrogens (primary N) is 1. The predicted octanol–water partition coefficient (Wildman–Crippen LogP) is 2.87. The average Bonchev–Trinajstić information content (AvgIpc) is 2.44. The molecule has 0 heterocycles. The number of carbonyl (C=O) groups is 1. The van der Waals surface area contributed by atoms with Gasteiger partial charge in [0.25, 0.3) is 0 Å². The normalized spacial score (nSPS) is 15.8. The summed E-state index contributed by atoms with van der Waals surface area (Å²) < 4.78 is 0. The lowest BCUT2D eigenvalue weighted by atomic mass is 9.76. The number of hydrogen-bond donors (Lipinski definition) is 3. The van der Waals surface area contributed by atoms with Crippen LogP contribution < -0.4 is 11.1 Å². The van der Waals surface area contributed by atoms with Crippen LogP contribution in [0, 0.1) is 11.3 Å². The van der Waals surface area contributed by atoms with Crippen molar-refractivity contribution in [2.24, 2.45) is 22.2 Å². The maximum absolute atomic E-state index is 12.7. The van der Waals surface area contributed by atoms with Gasteiger partial charge in [-0.05, 0) is 25.7 Å².